The molecule has 224 valence electrons. The number of nitrogens with one attached hydrogen (secondary N) is 3. The van der Waals surface area contributed by atoms with E-state index in [1.165, 1.54) is 6.21 Å². The van der Waals surface area contributed by atoms with E-state index in [1.54, 1.807) is 19.2 Å². The molecule has 0 aliphatic heterocycles. The number of nitrogens with zero attached hydrogens (tertiary/aromatic N) is 1. The highest BCUT2D eigenvalue weighted by atomic mass is 79.9. The number of aromatic amines is 1. The van der Waals surface area contributed by atoms with Crippen molar-refractivity contribution >= 4 is 45.0 Å². The second kappa shape index (κ2) is 14.9. The number of carbonyl (C=O) groups is 2. The van der Waals surface area contributed by atoms with E-state index >= 15 is 0 Å². The Kier molecular flexibility index (Phi) is 10.3. The number of aromatic nitrogens is 1. The first-order valence-electron chi connectivity index (χ1n) is 13.9. The van der Waals surface area contributed by atoms with Crippen molar-refractivity contribution < 1.29 is 23.8 Å². The number of alkyl carbamates (subject to hydrolysis) is 1. The Labute approximate surface area is 263 Å². The van der Waals surface area contributed by atoms with E-state index in [-0.39, 0.29) is 13.0 Å². The number of halogens is 1. The summed E-state index contributed by atoms with van der Waals surface area (Å²) in [7, 11) is 1.55. The van der Waals surface area contributed by atoms with Gasteiger partial charge in [-0.25, -0.2) is 10.2 Å². The SMILES string of the molecule is COc1cc(/C=N\NC(=O)[C@@H](Cc2c[nH]c3ccccc23)NC(=O)OCc2ccccc2)cc(Br)c1OCc1ccccc1. The van der Waals surface area contributed by atoms with E-state index in [1.807, 2.05) is 91.1 Å². The molecule has 4 aromatic carbocycles. The van der Waals surface area contributed by atoms with Gasteiger partial charge in [-0.1, -0.05) is 78.9 Å². The van der Waals surface area contributed by atoms with Gasteiger partial charge in [0.2, 0.25) is 0 Å². The number of fused-ring (bicyclic) bond motifs is 1. The van der Waals surface area contributed by atoms with Gasteiger partial charge >= 0.3 is 6.09 Å². The third-order valence-corrected chi connectivity index (χ3v) is 7.38. The molecule has 10 heteroatoms. The van der Waals surface area contributed by atoms with Crippen LogP contribution in [0.2, 0.25) is 0 Å². The minimum Gasteiger partial charge on any atom is -0.493 e. The minimum atomic E-state index is -0.954. The van der Waals surface area contributed by atoms with Crippen LogP contribution in [0.3, 0.4) is 0 Å². The molecule has 0 unspecified atom stereocenters. The topological polar surface area (TPSA) is 114 Å². The Bertz CT molecular complexity index is 1740. The maximum absolute atomic E-state index is 13.3. The van der Waals surface area contributed by atoms with Crippen LogP contribution < -0.4 is 20.2 Å². The maximum Gasteiger partial charge on any atom is 0.408 e. The first kappa shape index (κ1) is 30.4. The average molecular weight is 656 g/mol. The van der Waals surface area contributed by atoms with E-state index in [4.69, 9.17) is 14.2 Å². The maximum atomic E-state index is 13.3. The van der Waals surface area contributed by atoms with Crippen molar-refractivity contribution in [3.8, 4) is 11.5 Å². The Morgan fingerprint density at radius 3 is 2.34 bits per heavy atom. The lowest BCUT2D eigenvalue weighted by Gasteiger charge is -2.17. The summed E-state index contributed by atoms with van der Waals surface area (Å²) in [6.07, 6.45) is 2.83. The summed E-state index contributed by atoms with van der Waals surface area (Å²) in [6.45, 7) is 0.450. The molecule has 0 spiro atoms. The van der Waals surface area contributed by atoms with Gasteiger partial charge in [0.15, 0.2) is 11.5 Å². The van der Waals surface area contributed by atoms with E-state index in [2.05, 4.69) is 36.8 Å². The van der Waals surface area contributed by atoms with Crippen molar-refractivity contribution in [1.29, 1.82) is 0 Å². The van der Waals surface area contributed by atoms with Gasteiger partial charge in [0.1, 0.15) is 19.3 Å². The van der Waals surface area contributed by atoms with Gasteiger partial charge in [-0.3, -0.25) is 4.79 Å². The molecule has 0 aliphatic carbocycles. The van der Waals surface area contributed by atoms with Crippen molar-refractivity contribution in [2.45, 2.75) is 25.7 Å². The highest BCUT2D eigenvalue weighted by Gasteiger charge is 2.23. The molecular formula is C34H31BrN4O5. The molecule has 1 aromatic heterocycles. The van der Waals surface area contributed by atoms with Crippen molar-refractivity contribution in [3.05, 3.63) is 130 Å². The molecular weight excluding hydrogens is 624 g/mol. The lowest BCUT2D eigenvalue weighted by molar-refractivity contribution is -0.123. The number of hydrogen-bond acceptors (Lipinski definition) is 6. The Morgan fingerprint density at radius 2 is 1.61 bits per heavy atom. The van der Waals surface area contributed by atoms with Crippen LogP contribution in [0.15, 0.2) is 113 Å². The van der Waals surface area contributed by atoms with Crippen LogP contribution in [0.25, 0.3) is 10.9 Å². The summed E-state index contributed by atoms with van der Waals surface area (Å²) in [5.41, 5.74) is 6.87. The fraction of sp³-hybridized carbons (Fsp3) is 0.147. The molecule has 0 radical (unpaired) electrons. The lowest BCUT2D eigenvalue weighted by atomic mass is 10.0. The number of para-hydroxylation sites is 1. The molecule has 5 rings (SSSR count). The second-order valence-corrected chi connectivity index (χ2v) is 10.7. The summed E-state index contributed by atoms with van der Waals surface area (Å²) in [6, 6.07) is 29.5. The van der Waals surface area contributed by atoms with Crippen molar-refractivity contribution in [2.75, 3.05) is 7.11 Å². The standard InChI is InChI=1S/C34H31BrN4O5/c1-42-31-17-25(16-28(35)32(31)43-21-23-10-4-2-5-11-23)19-37-39-33(40)30(18-26-20-36-29-15-9-8-14-27(26)29)38-34(41)44-22-24-12-6-3-7-13-24/h2-17,19-20,30,36H,18,21-22H2,1H3,(H,38,41)(H,39,40)/b37-19-/t30-/m1/s1. The largest absolute Gasteiger partial charge is 0.493 e. The van der Waals surface area contributed by atoms with E-state index in [0.717, 1.165) is 27.6 Å². The van der Waals surface area contributed by atoms with Crippen LogP contribution in [0.1, 0.15) is 22.3 Å². The van der Waals surface area contributed by atoms with Gasteiger partial charge in [-0.05, 0) is 56.4 Å². The molecule has 1 atom stereocenters. The van der Waals surface area contributed by atoms with Gasteiger partial charge in [0, 0.05) is 23.5 Å². The highest BCUT2D eigenvalue weighted by molar-refractivity contribution is 9.10. The van der Waals surface area contributed by atoms with Crippen LogP contribution in [0.4, 0.5) is 4.79 Å². The van der Waals surface area contributed by atoms with Crippen molar-refractivity contribution in [2.24, 2.45) is 5.10 Å². The summed E-state index contributed by atoms with van der Waals surface area (Å²) >= 11 is 3.55. The Morgan fingerprint density at radius 1 is 0.932 bits per heavy atom. The second-order valence-electron chi connectivity index (χ2n) is 9.86. The molecule has 5 aromatic rings. The minimum absolute atomic E-state index is 0.0774. The first-order valence-corrected chi connectivity index (χ1v) is 14.7. The van der Waals surface area contributed by atoms with Crippen molar-refractivity contribution in [1.82, 2.24) is 15.7 Å². The molecule has 0 aliphatic rings. The van der Waals surface area contributed by atoms with Crippen LogP contribution >= 0.6 is 15.9 Å². The quantitative estimate of drug-likeness (QED) is 0.105. The van der Waals surface area contributed by atoms with Crippen molar-refractivity contribution in [3.63, 3.8) is 0 Å². The molecule has 0 fully saturated rings. The average Bonchev–Trinajstić information content (AvgIpc) is 3.46. The zero-order valence-electron chi connectivity index (χ0n) is 24.0. The zero-order chi connectivity index (χ0) is 30.7. The number of hydrogen-bond donors (Lipinski definition) is 3. The van der Waals surface area contributed by atoms with Crippen LogP contribution in [-0.4, -0.2) is 36.4 Å². The highest BCUT2D eigenvalue weighted by Crippen LogP contribution is 2.36. The predicted molar refractivity (Wildman–Crippen MR) is 173 cm³/mol. The number of hydrazone groups is 1. The molecule has 2 amide bonds. The molecule has 0 bridgehead atoms. The summed E-state index contributed by atoms with van der Waals surface area (Å²) in [5, 5.41) is 7.81. The number of H-pyrrole nitrogens is 1. The lowest BCUT2D eigenvalue weighted by Crippen LogP contribution is -2.47. The van der Waals surface area contributed by atoms with Crippen LogP contribution in [0, 0.1) is 0 Å². The molecule has 1 heterocycles. The molecule has 9 nitrogen and oxygen atoms in total. The smallest absolute Gasteiger partial charge is 0.408 e. The van der Waals surface area contributed by atoms with E-state index < -0.39 is 18.0 Å². The summed E-state index contributed by atoms with van der Waals surface area (Å²) in [4.78, 5) is 29.2. The summed E-state index contributed by atoms with van der Waals surface area (Å²) < 4.78 is 17.6. The van der Waals surface area contributed by atoms with Gasteiger partial charge in [-0.2, -0.15) is 5.10 Å². The molecule has 0 saturated carbocycles. The Balaban J connectivity index is 1.27. The molecule has 3 N–H and O–H groups in total. The summed E-state index contributed by atoms with van der Waals surface area (Å²) in [5.74, 6) is 0.551. The number of carbonyl (C=O) groups excluding carboxylic acids is 2. The fourth-order valence-corrected chi connectivity index (χ4v) is 5.14. The van der Waals surface area contributed by atoms with Gasteiger partial charge in [0.25, 0.3) is 5.91 Å². The predicted octanol–water partition coefficient (Wildman–Crippen LogP) is 6.51. The number of rotatable bonds is 12. The van der Waals surface area contributed by atoms with Gasteiger partial charge < -0.3 is 24.5 Å². The normalized spacial score (nSPS) is 11.7. The monoisotopic (exact) mass is 654 g/mol. The van der Waals surface area contributed by atoms with Crippen LogP contribution in [0.5, 0.6) is 11.5 Å². The molecule has 0 saturated heterocycles. The fourth-order valence-electron chi connectivity index (χ4n) is 4.57. The number of benzene rings is 4. The van der Waals surface area contributed by atoms with Crippen LogP contribution in [-0.2, 0) is 29.2 Å². The molecule has 44 heavy (non-hydrogen) atoms. The van der Waals surface area contributed by atoms with E-state index in [9.17, 15) is 9.59 Å². The number of methoxy groups -OCH3 is 1. The van der Waals surface area contributed by atoms with E-state index in [0.29, 0.717) is 28.1 Å². The first-order chi connectivity index (χ1) is 21.5. The zero-order valence-corrected chi connectivity index (χ0v) is 25.5. The third-order valence-electron chi connectivity index (χ3n) is 6.79. The van der Waals surface area contributed by atoms with Gasteiger partial charge in [0.05, 0.1) is 17.8 Å². The van der Waals surface area contributed by atoms with Gasteiger partial charge in [-0.15, -0.1) is 0 Å². The Hall–Kier alpha value is -5.09. The number of amides is 2. The number of ether oxygens (including phenoxy) is 3. The third kappa shape index (κ3) is 8.05.